The van der Waals surface area contributed by atoms with Gasteiger partial charge in [-0.25, -0.2) is 0 Å². The summed E-state index contributed by atoms with van der Waals surface area (Å²) in [4.78, 5) is 5.30. The molecule has 0 aromatic heterocycles. The topological polar surface area (TPSA) is 41.7 Å². The Morgan fingerprint density at radius 3 is 2.74 bits per heavy atom. The van der Waals surface area contributed by atoms with Crippen molar-refractivity contribution < 1.29 is 4.74 Å². The van der Waals surface area contributed by atoms with Gasteiger partial charge in [0.05, 0.1) is 6.61 Å². The quantitative estimate of drug-likeness (QED) is 0.738. The lowest BCUT2D eigenvalue weighted by Crippen LogP contribution is -2.43. The van der Waals surface area contributed by atoms with Crippen LogP contribution in [0.2, 0.25) is 0 Å². The Morgan fingerprint density at radius 2 is 1.95 bits per heavy atom. The van der Waals surface area contributed by atoms with Gasteiger partial charge in [-0.3, -0.25) is 4.90 Å². The summed E-state index contributed by atoms with van der Waals surface area (Å²) in [5.41, 5.74) is 5.54. The van der Waals surface area contributed by atoms with Gasteiger partial charge in [-0.05, 0) is 58.3 Å². The molecule has 4 heteroatoms. The largest absolute Gasteiger partial charge is 0.380 e. The second kappa shape index (κ2) is 8.90. The lowest BCUT2D eigenvalue weighted by atomic mass is 10.1. The number of hydrogen-bond acceptors (Lipinski definition) is 4. The molecule has 0 aromatic carbocycles. The number of rotatable bonds is 6. The van der Waals surface area contributed by atoms with Gasteiger partial charge in [-0.1, -0.05) is 6.42 Å². The van der Waals surface area contributed by atoms with Gasteiger partial charge in [0.1, 0.15) is 0 Å². The molecule has 1 unspecified atom stereocenters. The molecule has 2 rings (SSSR count). The average Bonchev–Trinajstić information content (AvgIpc) is 2.70. The summed E-state index contributed by atoms with van der Waals surface area (Å²) in [6, 6.07) is 0.686. The van der Waals surface area contributed by atoms with E-state index < -0.39 is 0 Å². The van der Waals surface area contributed by atoms with Crippen LogP contribution in [-0.2, 0) is 4.74 Å². The van der Waals surface area contributed by atoms with Gasteiger partial charge < -0.3 is 15.4 Å². The van der Waals surface area contributed by atoms with Crippen LogP contribution in [0.15, 0.2) is 0 Å². The van der Waals surface area contributed by atoms with Crippen molar-refractivity contribution in [2.75, 3.05) is 52.5 Å². The molecule has 0 aliphatic carbocycles. The molecule has 1 atom stereocenters. The van der Waals surface area contributed by atoms with Gasteiger partial charge >= 0.3 is 0 Å². The normalized spacial score (nSPS) is 27.3. The van der Waals surface area contributed by atoms with Gasteiger partial charge in [0.2, 0.25) is 0 Å². The molecule has 2 saturated heterocycles. The number of nitrogens with zero attached hydrogens (tertiary/aromatic N) is 2. The Labute approximate surface area is 118 Å². The van der Waals surface area contributed by atoms with Crippen molar-refractivity contribution in [2.24, 2.45) is 5.73 Å². The summed E-state index contributed by atoms with van der Waals surface area (Å²) in [6.07, 6.45) is 7.66. The second-order valence-corrected chi connectivity index (χ2v) is 5.95. The van der Waals surface area contributed by atoms with Crippen molar-refractivity contribution in [1.29, 1.82) is 0 Å². The van der Waals surface area contributed by atoms with Crippen LogP contribution in [-0.4, -0.2) is 68.3 Å². The van der Waals surface area contributed by atoms with Gasteiger partial charge in [0.15, 0.2) is 0 Å². The van der Waals surface area contributed by atoms with Crippen LogP contribution < -0.4 is 5.73 Å². The third kappa shape index (κ3) is 5.38. The Balaban J connectivity index is 1.65. The summed E-state index contributed by atoms with van der Waals surface area (Å²) in [5, 5.41) is 0. The highest BCUT2D eigenvalue weighted by molar-refractivity contribution is 4.78. The molecule has 0 spiro atoms. The van der Waals surface area contributed by atoms with E-state index in [0.29, 0.717) is 6.04 Å². The van der Waals surface area contributed by atoms with Crippen LogP contribution in [0.5, 0.6) is 0 Å². The molecular weight excluding hydrogens is 238 g/mol. The van der Waals surface area contributed by atoms with E-state index >= 15 is 0 Å². The van der Waals surface area contributed by atoms with E-state index in [2.05, 4.69) is 9.80 Å². The second-order valence-electron chi connectivity index (χ2n) is 5.95. The SMILES string of the molecule is NCCCCCN1CCCN(C2CCCOC2)CC1. The minimum atomic E-state index is 0.686. The number of hydrogen-bond donors (Lipinski definition) is 1. The van der Waals surface area contributed by atoms with Crippen LogP contribution in [0, 0.1) is 0 Å². The maximum absolute atomic E-state index is 5.63. The zero-order valence-corrected chi connectivity index (χ0v) is 12.4. The highest BCUT2D eigenvalue weighted by atomic mass is 16.5. The Morgan fingerprint density at radius 1 is 1.00 bits per heavy atom. The fourth-order valence-corrected chi connectivity index (χ4v) is 3.25. The van der Waals surface area contributed by atoms with Crippen molar-refractivity contribution in [3.05, 3.63) is 0 Å². The smallest absolute Gasteiger partial charge is 0.0621 e. The van der Waals surface area contributed by atoms with Crippen molar-refractivity contribution in [2.45, 2.75) is 44.6 Å². The van der Waals surface area contributed by atoms with Crippen LogP contribution in [0.1, 0.15) is 38.5 Å². The summed E-state index contributed by atoms with van der Waals surface area (Å²) in [6.45, 7) is 9.02. The highest BCUT2D eigenvalue weighted by Gasteiger charge is 2.23. The first-order valence-corrected chi connectivity index (χ1v) is 8.14. The molecule has 0 amide bonds. The summed E-state index contributed by atoms with van der Waals surface area (Å²) < 4.78 is 5.63. The first kappa shape index (κ1) is 15.2. The molecule has 0 saturated carbocycles. The fourth-order valence-electron chi connectivity index (χ4n) is 3.25. The van der Waals surface area contributed by atoms with E-state index in [9.17, 15) is 0 Å². The van der Waals surface area contributed by atoms with Gasteiger partial charge in [-0.15, -0.1) is 0 Å². The molecule has 0 radical (unpaired) electrons. The van der Waals surface area contributed by atoms with E-state index in [-0.39, 0.29) is 0 Å². The van der Waals surface area contributed by atoms with Gasteiger partial charge in [-0.2, -0.15) is 0 Å². The molecule has 112 valence electrons. The Hall–Kier alpha value is -0.160. The molecular formula is C15H31N3O. The first-order valence-electron chi connectivity index (χ1n) is 8.14. The molecule has 2 aliphatic rings. The molecule has 2 heterocycles. The summed E-state index contributed by atoms with van der Waals surface area (Å²) in [5.74, 6) is 0. The molecule has 2 aliphatic heterocycles. The maximum Gasteiger partial charge on any atom is 0.0621 e. The van der Waals surface area contributed by atoms with E-state index in [1.54, 1.807) is 0 Å². The van der Waals surface area contributed by atoms with Crippen LogP contribution in [0.4, 0.5) is 0 Å². The molecule has 0 aromatic rings. The van der Waals surface area contributed by atoms with E-state index in [4.69, 9.17) is 10.5 Å². The predicted octanol–water partition coefficient (Wildman–Crippen LogP) is 1.30. The molecule has 0 bridgehead atoms. The summed E-state index contributed by atoms with van der Waals surface area (Å²) >= 11 is 0. The van der Waals surface area contributed by atoms with Crippen LogP contribution in [0.25, 0.3) is 0 Å². The minimum Gasteiger partial charge on any atom is -0.380 e. The first-order chi connectivity index (χ1) is 9.40. The van der Waals surface area contributed by atoms with Crippen LogP contribution in [0.3, 0.4) is 0 Å². The standard InChI is InChI=1S/C15H31N3O/c16-7-2-1-3-8-17-9-5-10-18(12-11-17)15-6-4-13-19-14-15/h15H,1-14,16H2. The summed E-state index contributed by atoms with van der Waals surface area (Å²) in [7, 11) is 0. The minimum absolute atomic E-state index is 0.686. The third-order valence-electron chi connectivity index (χ3n) is 4.45. The number of unbranched alkanes of at least 4 members (excludes halogenated alkanes) is 2. The van der Waals surface area contributed by atoms with Crippen molar-refractivity contribution >= 4 is 0 Å². The van der Waals surface area contributed by atoms with Gasteiger partial charge in [0.25, 0.3) is 0 Å². The lowest BCUT2D eigenvalue weighted by molar-refractivity contribution is 0.0193. The predicted molar refractivity (Wildman–Crippen MR) is 79.4 cm³/mol. The average molecular weight is 269 g/mol. The Bertz CT molecular complexity index is 231. The van der Waals surface area contributed by atoms with E-state index in [0.717, 1.165) is 19.8 Å². The lowest BCUT2D eigenvalue weighted by Gasteiger charge is -2.33. The van der Waals surface area contributed by atoms with Gasteiger partial charge in [0, 0.05) is 25.7 Å². The third-order valence-corrected chi connectivity index (χ3v) is 4.45. The molecule has 4 nitrogen and oxygen atoms in total. The van der Waals surface area contributed by atoms with Crippen molar-refractivity contribution in [1.82, 2.24) is 9.80 Å². The zero-order chi connectivity index (χ0) is 13.3. The highest BCUT2D eigenvalue weighted by Crippen LogP contribution is 2.16. The monoisotopic (exact) mass is 269 g/mol. The zero-order valence-electron chi connectivity index (χ0n) is 12.4. The van der Waals surface area contributed by atoms with Crippen molar-refractivity contribution in [3.8, 4) is 0 Å². The molecule has 19 heavy (non-hydrogen) atoms. The van der Waals surface area contributed by atoms with Crippen LogP contribution >= 0.6 is 0 Å². The molecule has 2 N–H and O–H groups in total. The number of ether oxygens (including phenoxy) is 1. The number of nitrogens with two attached hydrogens (primary N) is 1. The van der Waals surface area contributed by atoms with Crippen molar-refractivity contribution in [3.63, 3.8) is 0 Å². The maximum atomic E-state index is 5.63. The fraction of sp³-hybridized carbons (Fsp3) is 1.00. The van der Waals surface area contributed by atoms with E-state index in [1.165, 1.54) is 71.2 Å². The Kier molecular flexibility index (Phi) is 7.14. The van der Waals surface area contributed by atoms with E-state index in [1.807, 2.05) is 0 Å². The molecule has 2 fully saturated rings.